The molecule has 0 bridgehead atoms. The lowest BCUT2D eigenvalue weighted by molar-refractivity contribution is 0.111. The Hall–Kier alpha value is -1.26. The lowest BCUT2D eigenvalue weighted by Gasteiger charge is -2.15. The third kappa shape index (κ3) is 7.34. The second kappa shape index (κ2) is 9.64. The monoisotopic (exact) mass is 295 g/mol. The van der Waals surface area contributed by atoms with E-state index in [1.165, 1.54) is 5.56 Å². The highest BCUT2D eigenvalue weighted by Crippen LogP contribution is 2.28. The first-order valence-electron chi connectivity index (χ1n) is 7.65. The largest absolute Gasteiger partial charge is 0.493 e. The van der Waals surface area contributed by atoms with Gasteiger partial charge in [-0.1, -0.05) is 19.9 Å². The van der Waals surface area contributed by atoms with Gasteiger partial charge in [0.2, 0.25) is 0 Å². The van der Waals surface area contributed by atoms with Crippen LogP contribution in [0.25, 0.3) is 0 Å². The summed E-state index contributed by atoms with van der Waals surface area (Å²) >= 11 is 0. The zero-order valence-corrected chi connectivity index (χ0v) is 13.9. The van der Waals surface area contributed by atoms with E-state index >= 15 is 0 Å². The van der Waals surface area contributed by atoms with Gasteiger partial charge in [-0.25, -0.2) is 0 Å². The Labute approximate surface area is 128 Å². The molecule has 1 aromatic carbocycles. The van der Waals surface area contributed by atoms with Crippen LogP contribution in [0.4, 0.5) is 0 Å². The molecule has 0 aromatic heterocycles. The molecule has 4 heteroatoms. The summed E-state index contributed by atoms with van der Waals surface area (Å²) in [6.45, 7) is 11.5. The van der Waals surface area contributed by atoms with Crippen molar-refractivity contribution in [3.05, 3.63) is 23.8 Å². The quantitative estimate of drug-likeness (QED) is 0.673. The third-order valence-corrected chi connectivity index (χ3v) is 2.79. The molecule has 0 atom stereocenters. The molecule has 0 amide bonds. The summed E-state index contributed by atoms with van der Waals surface area (Å²) in [6, 6.07) is 6.03. The van der Waals surface area contributed by atoms with Crippen molar-refractivity contribution in [1.29, 1.82) is 0 Å². The van der Waals surface area contributed by atoms with Gasteiger partial charge >= 0.3 is 0 Å². The Morgan fingerprint density at radius 1 is 1.10 bits per heavy atom. The molecule has 21 heavy (non-hydrogen) atoms. The van der Waals surface area contributed by atoms with E-state index in [4.69, 9.17) is 14.2 Å². The fourth-order valence-corrected chi connectivity index (χ4v) is 1.87. The van der Waals surface area contributed by atoms with Crippen molar-refractivity contribution < 1.29 is 14.2 Å². The maximum atomic E-state index is 5.71. The van der Waals surface area contributed by atoms with Gasteiger partial charge in [0.15, 0.2) is 11.5 Å². The van der Waals surface area contributed by atoms with Crippen molar-refractivity contribution in [2.75, 3.05) is 26.9 Å². The Bertz CT molecular complexity index is 405. The Kier molecular flexibility index (Phi) is 8.16. The molecule has 0 aliphatic carbocycles. The van der Waals surface area contributed by atoms with Gasteiger partial charge in [-0.05, 0) is 37.5 Å². The molecule has 120 valence electrons. The molecule has 0 unspecified atom stereocenters. The number of ether oxygens (including phenoxy) is 3. The zero-order chi connectivity index (χ0) is 15.7. The predicted octanol–water partition coefficient (Wildman–Crippen LogP) is 3.24. The molecule has 1 aromatic rings. The van der Waals surface area contributed by atoms with Crippen LogP contribution in [0.2, 0.25) is 0 Å². The number of rotatable bonds is 10. The van der Waals surface area contributed by atoms with E-state index in [0.29, 0.717) is 5.92 Å². The highest BCUT2D eigenvalue weighted by atomic mass is 16.5. The van der Waals surface area contributed by atoms with Crippen LogP contribution in [-0.2, 0) is 11.3 Å². The van der Waals surface area contributed by atoms with Crippen LogP contribution in [0, 0.1) is 5.92 Å². The predicted molar refractivity (Wildman–Crippen MR) is 86.1 cm³/mol. The fraction of sp³-hybridized carbons (Fsp3) is 0.647. The summed E-state index contributed by atoms with van der Waals surface area (Å²) in [5.74, 6) is 2.15. The minimum atomic E-state index is 0.140. The average Bonchev–Trinajstić information content (AvgIpc) is 2.43. The van der Waals surface area contributed by atoms with E-state index in [1.807, 2.05) is 26.0 Å². The first-order chi connectivity index (χ1) is 10.0. The first-order valence-corrected chi connectivity index (χ1v) is 7.65. The SMILES string of the molecule is COc1cc(CNCCOCC(C)C)ccc1OC(C)C. The number of hydrogen-bond acceptors (Lipinski definition) is 4. The molecule has 1 rings (SSSR count). The van der Waals surface area contributed by atoms with Crippen LogP contribution < -0.4 is 14.8 Å². The van der Waals surface area contributed by atoms with Crippen molar-refractivity contribution in [2.45, 2.75) is 40.3 Å². The standard InChI is InChI=1S/C17H29NO3/c1-13(2)12-20-9-8-18-11-15-6-7-16(21-14(3)4)17(10-15)19-5/h6-7,10,13-14,18H,8-9,11-12H2,1-5H3. The van der Waals surface area contributed by atoms with Gasteiger partial charge in [-0.2, -0.15) is 0 Å². The zero-order valence-electron chi connectivity index (χ0n) is 13.9. The van der Waals surface area contributed by atoms with E-state index < -0.39 is 0 Å². The minimum Gasteiger partial charge on any atom is -0.493 e. The number of methoxy groups -OCH3 is 1. The summed E-state index contributed by atoms with van der Waals surface area (Å²) in [5, 5.41) is 3.37. The van der Waals surface area contributed by atoms with Crippen molar-refractivity contribution >= 4 is 0 Å². The topological polar surface area (TPSA) is 39.7 Å². The lowest BCUT2D eigenvalue weighted by Crippen LogP contribution is -2.20. The molecule has 0 radical (unpaired) electrons. The van der Waals surface area contributed by atoms with Crippen LogP contribution in [0.1, 0.15) is 33.3 Å². The van der Waals surface area contributed by atoms with E-state index in [1.54, 1.807) is 7.11 Å². The molecular weight excluding hydrogens is 266 g/mol. The molecular formula is C17H29NO3. The van der Waals surface area contributed by atoms with Gasteiger partial charge in [0, 0.05) is 19.7 Å². The van der Waals surface area contributed by atoms with Crippen LogP contribution in [0.15, 0.2) is 18.2 Å². The average molecular weight is 295 g/mol. The summed E-state index contributed by atoms with van der Waals surface area (Å²) in [4.78, 5) is 0. The first kappa shape index (κ1) is 17.8. The van der Waals surface area contributed by atoms with E-state index in [2.05, 4.69) is 25.2 Å². The van der Waals surface area contributed by atoms with Crippen LogP contribution in [0.5, 0.6) is 11.5 Å². The molecule has 0 aliphatic rings. The van der Waals surface area contributed by atoms with E-state index in [0.717, 1.165) is 37.8 Å². The highest BCUT2D eigenvalue weighted by molar-refractivity contribution is 5.43. The summed E-state index contributed by atoms with van der Waals surface area (Å²) in [5.41, 5.74) is 1.17. The Morgan fingerprint density at radius 3 is 2.48 bits per heavy atom. The van der Waals surface area contributed by atoms with Gasteiger partial charge in [0.25, 0.3) is 0 Å². The molecule has 4 nitrogen and oxygen atoms in total. The summed E-state index contributed by atoms with van der Waals surface area (Å²) in [6.07, 6.45) is 0.140. The van der Waals surface area contributed by atoms with Crippen LogP contribution in [-0.4, -0.2) is 33.0 Å². The summed E-state index contributed by atoms with van der Waals surface area (Å²) < 4.78 is 16.6. The van der Waals surface area contributed by atoms with Gasteiger partial charge in [0.05, 0.1) is 19.8 Å². The second-order valence-electron chi connectivity index (χ2n) is 5.80. The Balaban J connectivity index is 2.38. The molecule has 0 aliphatic heterocycles. The van der Waals surface area contributed by atoms with Crippen LogP contribution >= 0.6 is 0 Å². The van der Waals surface area contributed by atoms with Gasteiger partial charge in [0.1, 0.15) is 0 Å². The van der Waals surface area contributed by atoms with Crippen molar-refractivity contribution in [3.63, 3.8) is 0 Å². The number of hydrogen-bond donors (Lipinski definition) is 1. The van der Waals surface area contributed by atoms with E-state index in [-0.39, 0.29) is 6.10 Å². The highest BCUT2D eigenvalue weighted by Gasteiger charge is 2.07. The van der Waals surface area contributed by atoms with Crippen LogP contribution in [0.3, 0.4) is 0 Å². The van der Waals surface area contributed by atoms with Gasteiger partial charge in [-0.3, -0.25) is 0 Å². The maximum absolute atomic E-state index is 5.71. The van der Waals surface area contributed by atoms with Gasteiger partial charge in [-0.15, -0.1) is 0 Å². The fourth-order valence-electron chi connectivity index (χ4n) is 1.87. The number of nitrogens with one attached hydrogen (secondary N) is 1. The normalized spacial score (nSPS) is 11.2. The lowest BCUT2D eigenvalue weighted by atomic mass is 10.2. The maximum Gasteiger partial charge on any atom is 0.161 e. The third-order valence-electron chi connectivity index (χ3n) is 2.79. The molecule has 0 heterocycles. The minimum absolute atomic E-state index is 0.140. The van der Waals surface area contributed by atoms with E-state index in [9.17, 15) is 0 Å². The Morgan fingerprint density at radius 2 is 1.86 bits per heavy atom. The molecule has 1 N–H and O–H groups in total. The molecule has 0 saturated heterocycles. The van der Waals surface area contributed by atoms with Crippen molar-refractivity contribution in [2.24, 2.45) is 5.92 Å². The van der Waals surface area contributed by atoms with Gasteiger partial charge < -0.3 is 19.5 Å². The smallest absolute Gasteiger partial charge is 0.161 e. The van der Waals surface area contributed by atoms with Crippen molar-refractivity contribution in [1.82, 2.24) is 5.32 Å². The molecule has 0 spiro atoms. The second-order valence-corrected chi connectivity index (χ2v) is 5.80. The molecule has 0 saturated carbocycles. The van der Waals surface area contributed by atoms with Crippen molar-refractivity contribution in [3.8, 4) is 11.5 Å². The number of benzene rings is 1. The molecule has 0 fully saturated rings. The summed E-state index contributed by atoms with van der Waals surface area (Å²) in [7, 11) is 1.67.